The third kappa shape index (κ3) is 7.40. The highest BCUT2D eigenvalue weighted by atomic mass is 16.5. The zero-order valence-corrected chi connectivity index (χ0v) is 45.1. The minimum absolute atomic E-state index is 0.00364. The average Bonchev–Trinajstić information content (AvgIpc) is 2.11. The number of para-hydroxylation sites is 4. The SMILES string of the molecule is COc1ccc(CN2C(=O)c3c(c4c5ccccc5n(C5C=C[C@H](O)CC5)c4c4[nH]c5ccccc5c34)C2=O)cc1.COc1ccc(CN2C(=O)c3c(c4c5ccccc5n(C5CCC(O)CC5)c4c4[nH]c5ccccc5c34)C2=O)cc1. The molecule has 0 bridgehead atoms. The quantitative estimate of drug-likeness (QED) is 0.0859. The fourth-order valence-corrected chi connectivity index (χ4v) is 13.9. The van der Waals surface area contributed by atoms with E-state index < -0.39 is 6.10 Å². The van der Waals surface area contributed by atoms with E-state index in [1.165, 1.54) is 9.80 Å². The second kappa shape index (κ2) is 19.1. The number of aliphatic hydroxyl groups excluding tert-OH is 2. The molecule has 14 heteroatoms. The van der Waals surface area contributed by atoms with Crippen LogP contribution in [0.15, 0.2) is 158 Å². The van der Waals surface area contributed by atoms with Gasteiger partial charge >= 0.3 is 0 Å². The first kappa shape index (κ1) is 49.5. The van der Waals surface area contributed by atoms with Crippen molar-refractivity contribution in [3.8, 4) is 11.5 Å². The van der Waals surface area contributed by atoms with Gasteiger partial charge < -0.3 is 38.8 Å². The molecule has 6 heterocycles. The van der Waals surface area contributed by atoms with Gasteiger partial charge in [-0.3, -0.25) is 29.0 Å². The van der Waals surface area contributed by atoms with Crippen LogP contribution in [0, 0.1) is 0 Å². The number of carbonyl (C=O) groups excluding carboxylic acids is 4. The smallest absolute Gasteiger partial charge is 0.262 e. The van der Waals surface area contributed by atoms with Gasteiger partial charge in [0.2, 0.25) is 0 Å². The van der Waals surface area contributed by atoms with Crippen LogP contribution in [0.1, 0.15) is 103 Å². The summed E-state index contributed by atoms with van der Waals surface area (Å²) in [4.78, 5) is 67.2. The van der Waals surface area contributed by atoms with Crippen LogP contribution in [-0.2, 0) is 13.1 Å². The lowest BCUT2D eigenvalue weighted by molar-refractivity contribution is 0.0628. The maximum Gasteiger partial charge on any atom is 0.262 e. The Morgan fingerprint density at radius 1 is 0.451 bits per heavy atom. The molecule has 82 heavy (non-hydrogen) atoms. The lowest BCUT2D eigenvalue weighted by Crippen LogP contribution is -2.29. The molecule has 4 amide bonds. The van der Waals surface area contributed by atoms with Crippen LogP contribution >= 0.6 is 0 Å². The number of aromatic amines is 2. The molecule has 406 valence electrons. The van der Waals surface area contributed by atoms with Crippen molar-refractivity contribution in [3.05, 3.63) is 191 Å². The molecule has 1 saturated carbocycles. The number of methoxy groups -OCH3 is 2. The van der Waals surface area contributed by atoms with Gasteiger partial charge in [-0.25, -0.2) is 0 Å². The first-order chi connectivity index (χ1) is 40.1. The zero-order valence-electron chi connectivity index (χ0n) is 45.1. The Morgan fingerprint density at radius 3 is 1.32 bits per heavy atom. The Labute approximate surface area is 469 Å². The van der Waals surface area contributed by atoms with Crippen molar-refractivity contribution < 1.29 is 38.9 Å². The molecule has 1 unspecified atom stereocenters. The Hall–Kier alpha value is -9.50. The summed E-state index contributed by atoms with van der Waals surface area (Å²) in [6.45, 7) is 0.352. The van der Waals surface area contributed by atoms with Crippen molar-refractivity contribution in [2.75, 3.05) is 14.2 Å². The van der Waals surface area contributed by atoms with Crippen molar-refractivity contribution in [1.29, 1.82) is 0 Å². The largest absolute Gasteiger partial charge is 0.497 e. The van der Waals surface area contributed by atoms with E-state index in [1.54, 1.807) is 14.2 Å². The molecule has 12 aromatic rings. The van der Waals surface area contributed by atoms with E-state index in [-0.39, 0.29) is 54.9 Å². The molecule has 2 aliphatic heterocycles. The summed E-state index contributed by atoms with van der Waals surface area (Å²) in [6.07, 6.45) is 7.79. The summed E-state index contributed by atoms with van der Waals surface area (Å²) in [7, 11) is 3.22. The number of hydrogen-bond acceptors (Lipinski definition) is 8. The fourth-order valence-electron chi connectivity index (χ4n) is 13.9. The molecule has 0 radical (unpaired) electrons. The number of carbonyl (C=O) groups is 4. The monoisotopic (exact) mass is 1080 g/mol. The third-order valence-electron chi connectivity index (χ3n) is 17.7. The van der Waals surface area contributed by atoms with Gasteiger partial charge in [0, 0.05) is 71.2 Å². The average molecular weight is 1090 g/mol. The summed E-state index contributed by atoms with van der Waals surface area (Å²) < 4.78 is 15.2. The normalized spacial score (nSPS) is 19.0. The number of allylic oxidation sites excluding steroid dienone is 1. The lowest BCUT2D eigenvalue weighted by Gasteiger charge is -2.28. The summed E-state index contributed by atoms with van der Waals surface area (Å²) in [6, 6.07) is 47.3. The van der Waals surface area contributed by atoms with Crippen LogP contribution in [0.25, 0.3) is 87.2 Å². The number of H-pyrrole nitrogens is 2. The van der Waals surface area contributed by atoms with Gasteiger partial charge in [0.1, 0.15) is 11.5 Å². The highest BCUT2D eigenvalue weighted by molar-refractivity contribution is 6.41. The Kier molecular flexibility index (Phi) is 11.5. The van der Waals surface area contributed by atoms with E-state index >= 15 is 0 Å². The molecule has 4 aliphatic rings. The summed E-state index contributed by atoms with van der Waals surface area (Å²) >= 11 is 0. The molecule has 0 saturated heterocycles. The van der Waals surface area contributed by atoms with Crippen LogP contribution < -0.4 is 9.47 Å². The highest BCUT2D eigenvalue weighted by Crippen LogP contribution is 2.50. The molecule has 2 aliphatic carbocycles. The molecule has 16 rings (SSSR count). The van der Waals surface area contributed by atoms with Crippen LogP contribution in [-0.4, -0.2) is 89.2 Å². The number of aromatic nitrogens is 4. The summed E-state index contributed by atoms with van der Waals surface area (Å²) in [5.74, 6) is 0.345. The maximum absolute atomic E-state index is 14.4. The second-order valence-electron chi connectivity index (χ2n) is 22.2. The number of aliphatic hydroxyl groups is 2. The molecule has 4 aromatic heterocycles. The van der Waals surface area contributed by atoms with Crippen molar-refractivity contribution in [3.63, 3.8) is 0 Å². The Balaban J connectivity index is 0.000000140. The predicted octanol–water partition coefficient (Wildman–Crippen LogP) is 13.2. The van der Waals surface area contributed by atoms with Crippen LogP contribution in [0.3, 0.4) is 0 Å². The van der Waals surface area contributed by atoms with E-state index in [2.05, 4.69) is 43.4 Å². The van der Waals surface area contributed by atoms with E-state index in [1.807, 2.05) is 133 Å². The van der Waals surface area contributed by atoms with Gasteiger partial charge in [-0.15, -0.1) is 0 Å². The van der Waals surface area contributed by atoms with Gasteiger partial charge in [-0.1, -0.05) is 109 Å². The Bertz CT molecular complexity index is 4710. The molecule has 14 nitrogen and oxygen atoms in total. The number of nitrogens with one attached hydrogen (secondary N) is 2. The number of rotatable bonds is 8. The van der Waals surface area contributed by atoms with Crippen molar-refractivity contribution >= 4 is 111 Å². The van der Waals surface area contributed by atoms with Crippen molar-refractivity contribution in [2.24, 2.45) is 0 Å². The number of hydrogen-bond donors (Lipinski definition) is 4. The topological polar surface area (TPSA) is 175 Å². The minimum Gasteiger partial charge on any atom is -0.497 e. The fraction of sp³-hybridized carbons (Fsp3) is 0.206. The zero-order chi connectivity index (χ0) is 55.7. The standard InChI is InChI=1S/C34H29N3O4.C34H27N3O4/c2*1-41-22-16-10-19(11-17-22)18-36-33(39)29-27-23-6-2-4-8-25(23)35-31(27)32-28(30(29)34(36)40)24-7-3-5-9-26(24)37(32)20-12-14-21(38)15-13-20/h2-11,16-17,20-21,35,38H,12-15,18H2,1H3;2-12,14,16-17,20-21,35,38H,13,15,18H2,1H3/t;20?,21-/m.0/s1. The first-order valence-electron chi connectivity index (χ1n) is 28.1. The second-order valence-corrected chi connectivity index (χ2v) is 22.2. The van der Waals surface area contributed by atoms with Gasteiger partial charge in [-0.2, -0.15) is 0 Å². The molecule has 0 spiro atoms. The van der Waals surface area contributed by atoms with E-state index in [0.717, 1.165) is 142 Å². The summed E-state index contributed by atoms with van der Waals surface area (Å²) in [5, 5.41) is 27.4. The Morgan fingerprint density at radius 2 is 0.866 bits per heavy atom. The van der Waals surface area contributed by atoms with Gasteiger partial charge in [-0.05, 0) is 98.2 Å². The number of benzene rings is 8. The molecule has 8 aromatic carbocycles. The van der Waals surface area contributed by atoms with Crippen LogP contribution in [0.2, 0.25) is 0 Å². The number of imide groups is 2. The molecule has 1 fully saturated rings. The van der Waals surface area contributed by atoms with Crippen molar-refractivity contribution in [2.45, 2.75) is 75.9 Å². The number of fused-ring (bicyclic) bond motifs is 20. The van der Waals surface area contributed by atoms with Gasteiger partial charge in [0.15, 0.2) is 0 Å². The van der Waals surface area contributed by atoms with Gasteiger partial charge in [0.05, 0.1) is 89.9 Å². The number of nitrogens with zero attached hydrogens (tertiary/aromatic N) is 4. The molecular formula is C68H56N6O8. The van der Waals surface area contributed by atoms with Gasteiger partial charge in [0.25, 0.3) is 23.6 Å². The highest BCUT2D eigenvalue weighted by Gasteiger charge is 2.44. The molecule has 2 atom stereocenters. The van der Waals surface area contributed by atoms with E-state index in [9.17, 15) is 29.4 Å². The first-order valence-corrected chi connectivity index (χ1v) is 28.1. The lowest BCUT2D eigenvalue weighted by atomic mass is 9.92. The van der Waals surface area contributed by atoms with E-state index in [4.69, 9.17) is 9.47 Å². The number of ether oxygens (including phenoxy) is 2. The summed E-state index contributed by atoms with van der Waals surface area (Å²) in [5.41, 5.74) is 11.1. The van der Waals surface area contributed by atoms with Crippen molar-refractivity contribution in [1.82, 2.24) is 28.9 Å². The van der Waals surface area contributed by atoms with Crippen LogP contribution in [0.4, 0.5) is 0 Å². The molecule has 4 N–H and O–H groups in total. The van der Waals surface area contributed by atoms with E-state index in [0.29, 0.717) is 28.7 Å². The maximum atomic E-state index is 14.4. The van der Waals surface area contributed by atoms with Crippen LogP contribution in [0.5, 0.6) is 11.5 Å². The number of amides is 4. The minimum atomic E-state index is -0.456. The third-order valence-corrected chi connectivity index (χ3v) is 17.7. The predicted molar refractivity (Wildman–Crippen MR) is 319 cm³/mol. The molecular weight excluding hydrogens is 1030 g/mol.